The lowest BCUT2D eigenvalue weighted by Gasteiger charge is -2.40. The summed E-state index contributed by atoms with van der Waals surface area (Å²) in [6.07, 6.45) is 5.97. The predicted molar refractivity (Wildman–Crippen MR) is 87.5 cm³/mol. The van der Waals surface area contributed by atoms with Crippen LogP contribution in [0.1, 0.15) is 66.7 Å². The van der Waals surface area contributed by atoms with Crippen LogP contribution >= 0.6 is 0 Å². The van der Waals surface area contributed by atoms with Crippen molar-refractivity contribution in [3.05, 3.63) is 0 Å². The maximum Gasteiger partial charge on any atom is 0.504 e. The number of hydrogen-bond acceptors (Lipinski definition) is 4. The molecule has 21 heavy (non-hydrogen) atoms. The molecule has 0 aromatic carbocycles. The molecule has 0 aromatic rings. The Morgan fingerprint density at radius 2 is 1.67 bits per heavy atom. The molecule has 0 saturated heterocycles. The van der Waals surface area contributed by atoms with E-state index in [1.54, 1.807) is 0 Å². The van der Waals surface area contributed by atoms with Crippen molar-refractivity contribution in [2.75, 3.05) is 19.8 Å². The highest BCUT2D eigenvalue weighted by Crippen LogP contribution is 2.40. The Bertz CT molecular complexity index is 267. The summed E-state index contributed by atoms with van der Waals surface area (Å²) in [5.74, 6) is 0. The molecule has 0 N–H and O–H groups in total. The highest BCUT2D eigenvalue weighted by molar-refractivity contribution is 6.62. The molecule has 3 unspecified atom stereocenters. The molecule has 0 bridgehead atoms. The fraction of sp³-hybridized carbons (Fsp3) is 1.00. The number of hydrogen-bond donors (Lipinski definition) is 0. The molecule has 5 heteroatoms. The van der Waals surface area contributed by atoms with E-state index in [1.807, 2.05) is 13.8 Å². The first-order chi connectivity index (χ1) is 10.1. The minimum atomic E-state index is -2.63. The maximum absolute atomic E-state index is 6.37. The van der Waals surface area contributed by atoms with Crippen molar-refractivity contribution in [3.8, 4) is 0 Å². The third-order valence-electron chi connectivity index (χ3n) is 4.16. The van der Waals surface area contributed by atoms with Gasteiger partial charge < -0.3 is 18.0 Å². The van der Waals surface area contributed by atoms with Gasteiger partial charge in [-0.3, -0.25) is 0 Å². The molecule has 0 radical (unpaired) electrons. The SMILES string of the molecule is CCOC1CCCC([Si](OCC)(OCC)OC(C)CC)C1. The van der Waals surface area contributed by atoms with E-state index in [1.165, 1.54) is 6.42 Å². The maximum atomic E-state index is 6.37. The lowest BCUT2D eigenvalue weighted by molar-refractivity contribution is -0.00175. The molecule has 1 aliphatic rings. The Hall–Kier alpha value is 0.0569. The topological polar surface area (TPSA) is 36.9 Å². The average Bonchev–Trinajstić information content (AvgIpc) is 2.48. The Balaban J connectivity index is 2.85. The van der Waals surface area contributed by atoms with Gasteiger partial charge in [0.1, 0.15) is 0 Å². The van der Waals surface area contributed by atoms with E-state index in [0.29, 0.717) is 24.9 Å². The van der Waals surface area contributed by atoms with Gasteiger partial charge in [0, 0.05) is 31.5 Å². The molecule has 0 aliphatic heterocycles. The molecule has 1 saturated carbocycles. The number of rotatable bonds is 10. The van der Waals surface area contributed by atoms with Crippen LogP contribution in [0.3, 0.4) is 0 Å². The smallest absolute Gasteiger partial charge is 0.379 e. The molecule has 3 atom stereocenters. The summed E-state index contributed by atoms with van der Waals surface area (Å²) in [5, 5.41) is 0. The van der Waals surface area contributed by atoms with Gasteiger partial charge >= 0.3 is 8.80 Å². The van der Waals surface area contributed by atoms with E-state index < -0.39 is 8.80 Å². The van der Waals surface area contributed by atoms with Crippen LogP contribution in [0.5, 0.6) is 0 Å². The Morgan fingerprint density at radius 1 is 1.00 bits per heavy atom. The van der Waals surface area contributed by atoms with Crippen molar-refractivity contribution in [3.63, 3.8) is 0 Å². The zero-order valence-electron chi connectivity index (χ0n) is 14.5. The van der Waals surface area contributed by atoms with Gasteiger partial charge in [-0.25, -0.2) is 0 Å². The van der Waals surface area contributed by atoms with Gasteiger partial charge in [0.25, 0.3) is 0 Å². The predicted octanol–water partition coefficient (Wildman–Crippen LogP) is 4.16. The second-order valence-corrected chi connectivity index (χ2v) is 8.58. The van der Waals surface area contributed by atoms with Gasteiger partial charge in [0.05, 0.1) is 6.10 Å². The van der Waals surface area contributed by atoms with Crippen LogP contribution in [-0.4, -0.2) is 40.8 Å². The van der Waals surface area contributed by atoms with Gasteiger partial charge in [0.2, 0.25) is 0 Å². The van der Waals surface area contributed by atoms with E-state index in [0.717, 1.165) is 32.3 Å². The molecule has 0 amide bonds. The van der Waals surface area contributed by atoms with Gasteiger partial charge in [-0.05, 0) is 53.4 Å². The standard InChI is InChI=1S/C16H34O4Si/c1-6-14(5)20-21(18-8-3,19-9-4)16-12-10-11-15(13-16)17-7-2/h14-16H,6-13H2,1-5H3. The summed E-state index contributed by atoms with van der Waals surface area (Å²) in [4.78, 5) is 0. The summed E-state index contributed by atoms with van der Waals surface area (Å²) in [6.45, 7) is 12.5. The molecule has 0 heterocycles. The van der Waals surface area contributed by atoms with E-state index in [9.17, 15) is 0 Å². The molecule has 1 rings (SSSR count). The highest BCUT2D eigenvalue weighted by atomic mass is 28.4. The van der Waals surface area contributed by atoms with Crippen LogP contribution < -0.4 is 0 Å². The zero-order chi connectivity index (χ0) is 15.7. The van der Waals surface area contributed by atoms with Crippen LogP contribution in [0, 0.1) is 0 Å². The molecular weight excluding hydrogens is 284 g/mol. The lowest BCUT2D eigenvalue weighted by Crippen LogP contribution is -2.53. The molecule has 4 nitrogen and oxygen atoms in total. The Morgan fingerprint density at radius 3 is 2.19 bits per heavy atom. The Labute approximate surface area is 131 Å². The quantitative estimate of drug-likeness (QED) is 0.567. The molecule has 0 aromatic heterocycles. The molecule has 1 fully saturated rings. The fourth-order valence-electron chi connectivity index (χ4n) is 3.06. The second kappa shape index (κ2) is 9.95. The van der Waals surface area contributed by atoms with E-state index in [-0.39, 0.29) is 6.10 Å². The largest absolute Gasteiger partial charge is 0.504 e. The van der Waals surface area contributed by atoms with Crippen LogP contribution in [-0.2, 0) is 18.0 Å². The molecule has 126 valence electrons. The van der Waals surface area contributed by atoms with Crippen molar-refractivity contribution >= 4 is 8.80 Å². The summed E-state index contributed by atoms with van der Waals surface area (Å²) in [6, 6.07) is 0. The van der Waals surface area contributed by atoms with Crippen LogP contribution in [0.15, 0.2) is 0 Å². The zero-order valence-corrected chi connectivity index (χ0v) is 15.5. The van der Waals surface area contributed by atoms with E-state index >= 15 is 0 Å². The third kappa shape index (κ3) is 5.64. The van der Waals surface area contributed by atoms with Gasteiger partial charge in [-0.15, -0.1) is 0 Å². The summed E-state index contributed by atoms with van der Waals surface area (Å²) in [7, 11) is -2.63. The summed E-state index contributed by atoms with van der Waals surface area (Å²) < 4.78 is 24.5. The summed E-state index contributed by atoms with van der Waals surface area (Å²) in [5.41, 5.74) is 0.372. The normalized spacial score (nSPS) is 25.0. The van der Waals surface area contributed by atoms with Crippen LogP contribution in [0.2, 0.25) is 5.54 Å². The second-order valence-electron chi connectivity index (χ2n) is 5.75. The van der Waals surface area contributed by atoms with Crippen molar-refractivity contribution < 1.29 is 18.0 Å². The minimum absolute atomic E-state index is 0.183. The minimum Gasteiger partial charge on any atom is -0.379 e. The van der Waals surface area contributed by atoms with Crippen molar-refractivity contribution in [2.24, 2.45) is 0 Å². The van der Waals surface area contributed by atoms with Gasteiger partial charge in [-0.2, -0.15) is 0 Å². The molecular formula is C16H34O4Si. The van der Waals surface area contributed by atoms with Crippen LogP contribution in [0.25, 0.3) is 0 Å². The number of ether oxygens (including phenoxy) is 1. The lowest BCUT2D eigenvalue weighted by atomic mass is 9.97. The van der Waals surface area contributed by atoms with Crippen LogP contribution in [0.4, 0.5) is 0 Å². The highest BCUT2D eigenvalue weighted by Gasteiger charge is 2.51. The van der Waals surface area contributed by atoms with Gasteiger partial charge in [-0.1, -0.05) is 13.3 Å². The molecule has 0 spiro atoms. The Kier molecular flexibility index (Phi) is 9.05. The fourth-order valence-corrected chi connectivity index (χ4v) is 6.59. The van der Waals surface area contributed by atoms with Gasteiger partial charge in [0.15, 0.2) is 0 Å². The van der Waals surface area contributed by atoms with E-state index in [2.05, 4.69) is 20.8 Å². The first-order valence-electron chi connectivity index (χ1n) is 8.69. The van der Waals surface area contributed by atoms with Crippen molar-refractivity contribution in [1.82, 2.24) is 0 Å². The third-order valence-corrected chi connectivity index (χ3v) is 7.80. The first kappa shape index (κ1) is 19.1. The van der Waals surface area contributed by atoms with E-state index in [4.69, 9.17) is 18.0 Å². The summed E-state index contributed by atoms with van der Waals surface area (Å²) >= 11 is 0. The molecule has 1 aliphatic carbocycles. The van der Waals surface area contributed by atoms with Crippen molar-refractivity contribution in [2.45, 2.75) is 84.5 Å². The monoisotopic (exact) mass is 318 g/mol. The first-order valence-corrected chi connectivity index (χ1v) is 10.5. The average molecular weight is 319 g/mol. The van der Waals surface area contributed by atoms with Crippen molar-refractivity contribution in [1.29, 1.82) is 0 Å².